The highest BCUT2D eigenvalue weighted by molar-refractivity contribution is 6.30. The summed E-state index contributed by atoms with van der Waals surface area (Å²) >= 11 is 5.79. The standard InChI is InChI=1S/C16H17ClO3/c17-14-6-8-15(9-7-14)20-12-16(19,11-18)10-13-4-2-1-3-5-13/h1-9,18-19H,10-12H2. The number of rotatable bonds is 6. The topological polar surface area (TPSA) is 49.7 Å². The number of ether oxygens (including phenoxy) is 1. The zero-order valence-electron chi connectivity index (χ0n) is 11.0. The summed E-state index contributed by atoms with van der Waals surface area (Å²) in [7, 11) is 0. The molecule has 1 atom stereocenters. The maximum absolute atomic E-state index is 10.4. The van der Waals surface area contributed by atoms with Gasteiger partial charge < -0.3 is 14.9 Å². The van der Waals surface area contributed by atoms with Crippen LogP contribution in [0.25, 0.3) is 0 Å². The molecule has 0 amide bonds. The SMILES string of the molecule is OCC(O)(COc1ccc(Cl)cc1)Cc1ccccc1. The summed E-state index contributed by atoms with van der Waals surface area (Å²) < 4.78 is 5.52. The number of hydrogen-bond acceptors (Lipinski definition) is 3. The van der Waals surface area contributed by atoms with Gasteiger partial charge in [-0.25, -0.2) is 0 Å². The minimum absolute atomic E-state index is 0.0139. The van der Waals surface area contributed by atoms with E-state index in [0.717, 1.165) is 5.56 Å². The number of aliphatic hydroxyl groups is 2. The van der Waals surface area contributed by atoms with E-state index in [-0.39, 0.29) is 13.2 Å². The predicted molar refractivity (Wildman–Crippen MR) is 79.1 cm³/mol. The van der Waals surface area contributed by atoms with Gasteiger partial charge in [-0.3, -0.25) is 0 Å². The van der Waals surface area contributed by atoms with Gasteiger partial charge in [-0.05, 0) is 29.8 Å². The van der Waals surface area contributed by atoms with Crippen molar-refractivity contribution in [1.29, 1.82) is 0 Å². The van der Waals surface area contributed by atoms with Crippen molar-refractivity contribution in [3.8, 4) is 5.75 Å². The van der Waals surface area contributed by atoms with E-state index in [1.807, 2.05) is 30.3 Å². The van der Waals surface area contributed by atoms with Gasteiger partial charge in [-0.2, -0.15) is 0 Å². The molecule has 2 rings (SSSR count). The molecule has 4 heteroatoms. The Hall–Kier alpha value is -1.55. The molecular weight excluding hydrogens is 276 g/mol. The highest BCUT2D eigenvalue weighted by Gasteiger charge is 2.27. The van der Waals surface area contributed by atoms with E-state index >= 15 is 0 Å². The summed E-state index contributed by atoms with van der Waals surface area (Å²) in [6.07, 6.45) is 0.331. The summed E-state index contributed by atoms with van der Waals surface area (Å²) in [6.45, 7) is -0.352. The van der Waals surface area contributed by atoms with Crippen LogP contribution in [0.2, 0.25) is 5.02 Å². The third-order valence-corrected chi connectivity index (χ3v) is 3.24. The lowest BCUT2D eigenvalue weighted by atomic mass is 9.96. The molecule has 3 nitrogen and oxygen atoms in total. The molecule has 2 N–H and O–H groups in total. The van der Waals surface area contributed by atoms with Gasteiger partial charge in [-0.15, -0.1) is 0 Å². The number of hydrogen-bond donors (Lipinski definition) is 2. The minimum atomic E-state index is -1.30. The molecule has 0 aliphatic heterocycles. The van der Waals surface area contributed by atoms with Crippen molar-refractivity contribution in [2.45, 2.75) is 12.0 Å². The smallest absolute Gasteiger partial charge is 0.125 e. The molecule has 0 fully saturated rings. The lowest BCUT2D eigenvalue weighted by Crippen LogP contribution is -2.42. The molecule has 1 unspecified atom stereocenters. The summed E-state index contributed by atoms with van der Waals surface area (Å²) in [5.74, 6) is 0.606. The Balaban J connectivity index is 1.98. The van der Waals surface area contributed by atoms with Crippen LogP contribution in [0, 0.1) is 0 Å². The van der Waals surface area contributed by atoms with Crippen LogP contribution >= 0.6 is 11.6 Å². The molecule has 106 valence electrons. The van der Waals surface area contributed by atoms with Crippen LogP contribution in [0.15, 0.2) is 54.6 Å². The van der Waals surface area contributed by atoms with Crippen LogP contribution in [0.3, 0.4) is 0 Å². The first-order valence-corrected chi connectivity index (χ1v) is 6.75. The van der Waals surface area contributed by atoms with Gasteiger partial charge in [0.2, 0.25) is 0 Å². The fourth-order valence-corrected chi connectivity index (χ4v) is 2.00. The van der Waals surface area contributed by atoms with Crippen LogP contribution in [0.4, 0.5) is 0 Å². The predicted octanol–water partition coefficient (Wildman–Crippen LogP) is 2.68. The Bertz CT molecular complexity index is 527. The fraction of sp³-hybridized carbons (Fsp3) is 0.250. The Labute approximate surface area is 123 Å². The fourth-order valence-electron chi connectivity index (χ4n) is 1.88. The van der Waals surface area contributed by atoms with E-state index < -0.39 is 5.60 Å². The highest BCUT2D eigenvalue weighted by Crippen LogP contribution is 2.19. The zero-order valence-corrected chi connectivity index (χ0v) is 11.8. The minimum Gasteiger partial charge on any atom is -0.490 e. The van der Waals surface area contributed by atoms with Crippen molar-refractivity contribution in [3.63, 3.8) is 0 Å². The molecule has 2 aromatic rings. The van der Waals surface area contributed by atoms with E-state index in [1.54, 1.807) is 24.3 Å². The van der Waals surface area contributed by atoms with Crippen molar-refractivity contribution in [2.24, 2.45) is 0 Å². The average molecular weight is 293 g/mol. The van der Waals surface area contributed by atoms with Gasteiger partial charge in [0.25, 0.3) is 0 Å². The van der Waals surface area contributed by atoms with Crippen molar-refractivity contribution in [2.75, 3.05) is 13.2 Å². The van der Waals surface area contributed by atoms with Crippen LogP contribution < -0.4 is 4.74 Å². The first-order valence-electron chi connectivity index (χ1n) is 6.37. The van der Waals surface area contributed by atoms with E-state index in [9.17, 15) is 10.2 Å². The van der Waals surface area contributed by atoms with Crippen molar-refractivity contribution in [3.05, 3.63) is 65.2 Å². The van der Waals surface area contributed by atoms with E-state index in [4.69, 9.17) is 16.3 Å². The van der Waals surface area contributed by atoms with Crippen molar-refractivity contribution < 1.29 is 14.9 Å². The lowest BCUT2D eigenvalue weighted by Gasteiger charge is -2.26. The average Bonchev–Trinajstić information content (AvgIpc) is 2.48. The number of benzene rings is 2. The second-order valence-electron chi connectivity index (χ2n) is 4.79. The molecule has 0 saturated heterocycles. The Morgan fingerprint density at radius 3 is 2.25 bits per heavy atom. The van der Waals surface area contributed by atoms with Crippen LogP contribution in [-0.4, -0.2) is 29.0 Å². The molecule has 0 heterocycles. The highest BCUT2D eigenvalue weighted by atomic mass is 35.5. The van der Waals surface area contributed by atoms with Gasteiger partial charge in [-0.1, -0.05) is 41.9 Å². The quantitative estimate of drug-likeness (QED) is 0.861. The van der Waals surface area contributed by atoms with Crippen LogP contribution in [0.1, 0.15) is 5.56 Å². The van der Waals surface area contributed by atoms with E-state index in [0.29, 0.717) is 17.2 Å². The Kier molecular flexibility index (Phi) is 5.01. The molecule has 20 heavy (non-hydrogen) atoms. The molecular formula is C16H17ClO3. The first-order chi connectivity index (χ1) is 9.61. The lowest BCUT2D eigenvalue weighted by molar-refractivity contribution is -0.0467. The van der Waals surface area contributed by atoms with Crippen LogP contribution in [0.5, 0.6) is 5.75 Å². The molecule has 0 radical (unpaired) electrons. The molecule has 0 saturated carbocycles. The van der Waals surface area contributed by atoms with Crippen LogP contribution in [-0.2, 0) is 6.42 Å². The normalized spacial score (nSPS) is 13.8. The third kappa shape index (κ3) is 4.23. The summed E-state index contributed by atoms with van der Waals surface area (Å²) in [5.41, 5.74) is -0.357. The molecule has 2 aromatic carbocycles. The van der Waals surface area contributed by atoms with Crippen molar-refractivity contribution in [1.82, 2.24) is 0 Å². The molecule has 0 spiro atoms. The van der Waals surface area contributed by atoms with Gasteiger partial charge in [0, 0.05) is 11.4 Å². The van der Waals surface area contributed by atoms with E-state index in [1.165, 1.54) is 0 Å². The van der Waals surface area contributed by atoms with Gasteiger partial charge in [0.15, 0.2) is 0 Å². The maximum Gasteiger partial charge on any atom is 0.125 e. The molecule has 0 aromatic heterocycles. The Morgan fingerprint density at radius 2 is 1.65 bits per heavy atom. The summed E-state index contributed by atoms with van der Waals surface area (Å²) in [6, 6.07) is 16.4. The van der Waals surface area contributed by atoms with Gasteiger partial charge in [0.1, 0.15) is 18.0 Å². The second kappa shape index (κ2) is 6.75. The van der Waals surface area contributed by atoms with Gasteiger partial charge in [0.05, 0.1) is 6.61 Å². The molecule has 0 aliphatic rings. The maximum atomic E-state index is 10.4. The Morgan fingerprint density at radius 1 is 1.00 bits per heavy atom. The molecule has 0 bridgehead atoms. The second-order valence-corrected chi connectivity index (χ2v) is 5.22. The largest absolute Gasteiger partial charge is 0.490 e. The number of halogens is 1. The van der Waals surface area contributed by atoms with E-state index in [2.05, 4.69) is 0 Å². The monoisotopic (exact) mass is 292 g/mol. The van der Waals surface area contributed by atoms with Gasteiger partial charge >= 0.3 is 0 Å². The molecule has 0 aliphatic carbocycles. The van der Waals surface area contributed by atoms with Crippen molar-refractivity contribution >= 4 is 11.6 Å². The first kappa shape index (κ1) is 14.9. The summed E-state index contributed by atoms with van der Waals surface area (Å²) in [5, 5.41) is 20.4. The third-order valence-electron chi connectivity index (χ3n) is 2.99. The number of aliphatic hydroxyl groups excluding tert-OH is 1. The summed E-state index contributed by atoms with van der Waals surface area (Å²) in [4.78, 5) is 0. The zero-order chi connectivity index (χ0) is 14.4.